The lowest BCUT2D eigenvalue weighted by molar-refractivity contribution is -0.384. The van der Waals surface area contributed by atoms with E-state index in [4.69, 9.17) is 16.7 Å². The second kappa shape index (κ2) is 6.55. The normalized spacial score (nSPS) is 10.6. The molecule has 21 heavy (non-hydrogen) atoms. The number of aliphatic hydroxyl groups is 1. The number of hydrogen-bond acceptors (Lipinski definition) is 5. The Morgan fingerprint density at radius 2 is 2.29 bits per heavy atom. The Morgan fingerprint density at radius 3 is 2.95 bits per heavy atom. The molecule has 112 valence electrons. The van der Waals surface area contributed by atoms with Crippen molar-refractivity contribution in [2.45, 2.75) is 20.0 Å². The highest BCUT2D eigenvalue weighted by atomic mass is 35.5. The summed E-state index contributed by atoms with van der Waals surface area (Å²) < 4.78 is 1.65. The van der Waals surface area contributed by atoms with E-state index in [-0.39, 0.29) is 17.3 Å². The van der Waals surface area contributed by atoms with Gasteiger partial charge in [0.15, 0.2) is 0 Å². The monoisotopic (exact) mass is 310 g/mol. The predicted molar refractivity (Wildman–Crippen MR) is 79.5 cm³/mol. The summed E-state index contributed by atoms with van der Waals surface area (Å²) in [7, 11) is 0. The number of nitrogens with one attached hydrogen (secondary N) is 1. The molecule has 0 unspecified atom stereocenters. The average Bonchev–Trinajstić information content (AvgIpc) is 2.87. The molecule has 2 aromatic rings. The number of nitrogens with zero attached hydrogens (tertiary/aromatic N) is 3. The predicted octanol–water partition coefficient (Wildman–Crippen LogP) is 2.36. The molecule has 0 amide bonds. The van der Waals surface area contributed by atoms with Gasteiger partial charge in [-0.05, 0) is 18.6 Å². The van der Waals surface area contributed by atoms with Crippen LogP contribution in [-0.2, 0) is 13.1 Å². The first-order chi connectivity index (χ1) is 10.0. The smallest absolute Gasteiger partial charge is 0.288 e. The van der Waals surface area contributed by atoms with Gasteiger partial charge >= 0.3 is 0 Å². The van der Waals surface area contributed by atoms with Crippen molar-refractivity contribution in [3.8, 4) is 0 Å². The fourth-order valence-corrected chi connectivity index (χ4v) is 2.15. The number of hydrogen-bond donors (Lipinski definition) is 2. The van der Waals surface area contributed by atoms with E-state index < -0.39 is 4.92 Å². The van der Waals surface area contributed by atoms with E-state index in [1.807, 2.05) is 6.20 Å². The number of halogens is 1. The Bertz CT molecular complexity index is 657. The summed E-state index contributed by atoms with van der Waals surface area (Å²) in [5, 5.41) is 27.0. The van der Waals surface area contributed by atoms with Gasteiger partial charge in [0.1, 0.15) is 5.02 Å². The second-order valence-corrected chi connectivity index (χ2v) is 4.97. The highest BCUT2D eigenvalue weighted by Crippen LogP contribution is 2.30. The summed E-state index contributed by atoms with van der Waals surface area (Å²) in [6.45, 7) is 2.77. The van der Waals surface area contributed by atoms with Crippen LogP contribution in [0.4, 0.5) is 11.4 Å². The Hall–Kier alpha value is -2.12. The number of anilines is 1. The van der Waals surface area contributed by atoms with Gasteiger partial charge in [0.05, 0.1) is 24.3 Å². The van der Waals surface area contributed by atoms with Gasteiger partial charge in [-0.1, -0.05) is 11.6 Å². The summed E-state index contributed by atoms with van der Waals surface area (Å²) in [5.41, 5.74) is 2.32. The number of benzene rings is 1. The molecule has 1 heterocycles. The molecule has 1 aromatic carbocycles. The van der Waals surface area contributed by atoms with Crippen LogP contribution in [0.3, 0.4) is 0 Å². The standard InChI is InChI=1S/C13H15ClN4O3/c1-9-4-13(18(20)21)11(14)5-12(9)15-6-10-7-16-17(8-10)2-3-19/h4-5,7-8,15,19H,2-3,6H2,1H3. The fourth-order valence-electron chi connectivity index (χ4n) is 1.92. The minimum atomic E-state index is -0.502. The van der Waals surface area contributed by atoms with Gasteiger partial charge in [0, 0.05) is 30.1 Å². The Morgan fingerprint density at radius 1 is 1.52 bits per heavy atom. The summed E-state index contributed by atoms with van der Waals surface area (Å²) >= 11 is 5.90. The van der Waals surface area contributed by atoms with E-state index in [0.717, 1.165) is 16.8 Å². The van der Waals surface area contributed by atoms with E-state index in [9.17, 15) is 10.1 Å². The minimum absolute atomic E-state index is 0.0334. The number of nitro benzene ring substituents is 1. The first kappa shape index (κ1) is 15.3. The largest absolute Gasteiger partial charge is 0.394 e. The van der Waals surface area contributed by atoms with E-state index in [1.54, 1.807) is 23.9 Å². The average molecular weight is 311 g/mol. The quantitative estimate of drug-likeness (QED) is 0.631. The topological polar surface area (TPSA) is 93.2 Å². The van der Waals surface area contributed by atoms with Gasteiger partial charge in [0.2, 0.25) is 0 Å². The fraction of sp³-hybridized carbons (Fsp3) is 0.308. The summed E-state index contributed by atoms with van der Waals surface area (Å²) in [5.74, 6) is 0. The molecule has 0 saturated heterocycles. The molecular formula is C13H15ClN4O3. The molecule has 8 heteroatoms. The molecule has 0 saturated carbocycles. The zero-order valence-electron chi connectivity index (χ0n) is 11.4. The summed E-state index contributed by atoms with van der Waals surface area (Å²) in [6, 6.07) is 2.99. The van der Waals surface area contributed by atoms with Crippen LogP contribution >= 0.6 is 11.6 Å². The van der Waals surface area contributed by atoms with Crippen LogP contribution in [0.5, 0.6) is 0 Å². The van der Waals surface area contributed by atoms with Gasteiger partial charge in [-0.25, -0.2) is 0 Å². The van der Waals surface area contributed by atoms with Crippen molar-refractivity contribution in [2.75, 3.05) is 11.9 Å². The Balaban J connectivity index is 2.09. The van der Waals surface area contributed by atoms with Crippen LogP contribution in [0.1, 0.15) is 11.1 Å². The molecule has 0 radical (unpaired) electrons. The lowest BCUT2D eigenvalue weighted by Gasteiger charge is -2.09. The third-order valence-corrected chi connectivity index (χ3v) is 3.29. The van der Waals surface area contributed by atoms with Gasteiger partial charge in [-0.3, -0.25) is 14.8 Å². The van der Waals surface area contributed by atoms with Crippen molar-refractivity contribution < 1.29 is 10.0 Å². The van der Waals surface area contributed by atoms with Crippen molar-refractivity contribution in [3.05, 3.63) is 50.8 Å². The molecule has 0 aliphatic rings. The number of nitro groups is 1. The van der Waals surface area contributed by atoms with E-state index in [1.165, 1.54) is 6.07 Å². The molecule has 2 N–H and O–H groups in total. The number of aliphatic hydroxyl groups excluding tert-OH is 1. The highest BCUT2D eigenvalue weighted by molar-refractivity contribution is 6.33. The van der Waals surface area contributed by atoms with Crippen LogP contribution in [0, 0.1) is 17.0 Å². The van der Waals surface area contributed by atoms with Crippen molar-refractivity contribution in [3.63, 3.8) is 0 Å². The number of rotatable bonds is 6. The Kier molecular flexibility index (Phi) is 4.77. The second-order valence-electron chi connectivity index (χ2n) is 4.56. The molecule has 0 aliphatic carbocycles. The zero-order chi connectivity index (χ0) is 15.4. The lowest BCUT2D eigenvalue weighted by Crippen LogP contribution is -2.03. The first-order valence-corrected chi connectivity index (χ1v) is 6.69. The van der Waals surface area contributed by atoms with Crippen LogP contribution in [0.25, 0.3) is 0 Å². The lowest BCUT2D eigenvalue weighted by atomic mass is 10.1. The molecule has 0 aliphatic heterocycles. The maximum atomic E-state index is 10.8. The van der Waals surface area contributed by atoms with Crippen molar-refractivity contribution in [2.24, 2.45) is 0 Å². The summed E-state index contributed by atoms with van der Waals surface area (Å²) in [4.78, 5) is 10.3. The molecule has 1 aromatic heterocycles. The number of aryl methyl sites for hydroxylation is 1. The van der Waals surface area contributed by atoms with E-state index in [0.29, 0.717) is 13.1 Å². The third kappa shape index (κ3) is 3.71. The molecule has 2 rings (SSSR count). The van der Waals surface area contributed by atoms with Gasteiger partial charge in [-0.15, -0.1) is 0 Å². The van der Waals surface area contributed by atoms with Gasteiger partial charge in [0.25, 0.3) is 5.69 Å². The first-order valence-electron chi connectivity index (χ1n) is 6.32. The maximum Gasteiger partial charge on any atom is 0.288 e. The van der Waals surface area contributed by atoms with Crippen molar-refractivity contribution >= 4 is 23.0 Å². The summed E-state index contributed by atoms with van der Waals surface area (Å²) in [6.07, 6.45) is 3.52. The number of aromatic nitrogens is 2. The molecule has 0 fully saturated rings. The molecule has 0 bridgehead atoms. The van der Waals surface area contributed by atoms with Crippen LogP contribution < -0.4 is 5.32 Å². The van der Waals surface area contributed by atoms with E-state index >= 15 is 0 Å². The third-order valence-electron chi connectivity index (χ3n) is 2.99. The van der Waals surface area contributed by atoms with Crippen LogP contribution in [-0.4, -0.2) is 26.4 Å². The maximum absolute atomic E-state index is 10.8. The molecular weight excluding hydrogens is 296 g/mol. The molecule has 7 nitrogen and oxygen atoms in total. The molecule has 0 atom stereocenters. The Labute approximate surface area is 126 Å². The highest BCUT2D eigenvalue weighted by Gasteiger charge is 2.14. The van der Waals surface area contributed by atoms with Crippen LogP contribution in [0.2, 0.25) is 5.02 Å². The SMILES string of the molecule is Cc1cc([N+](=O)[O-])c(Cl)cc1NCc1cnn(CCO)c1. The minimum Gasteiger partial charge on any atom is -0.394 e. The van der Waals surface area contributed by atoms with Crippen molar-refractivity contribution in [1.82, 2.24) is 9.78 Å². The molecule has 0 spiro atoms. The zero-order valence-corrected chi connectivity index (χ0v) is 12.2. The van der Waals surface area contributed by atoms with Gasteiger partial charge < -0.3 is 10.4 Å². The van der Waals surface area contributed by atoms with Crippen molar-refractivity contribution in [1.29, 1.82) is 0 Å². The van der Waals surface area contributed by atoms with E-state index in [2.05, 4.69) is 10.4 Å². The van der Waals surface area contributed by atoms with Crippen LogP contribution in [0.15, 0.2) is 24.5 Å². The van der Waals surface area contributed by atoms with Gasteiger partial charge in [-0.2, -0.15) is 5.10 Å².